The topological polar surface area (TPSA) is 62.1 Å². The van der Waals surface area contributed by atoms with E-state index in [1.165, 1.54) is 12.1 Å². The third kappa shape index (κ3) is 5.71. The van der Waals surface area contributed by atoms with Crippen molar-refractivity contribution in [3.05, 3.63) is 99.8 Å². The van der Waals surface area contributed by atoms with E-state index in [0.29, 0.717) is 27.6 Å². The summed E-state index contributed by atoms with van der Waals surface area (Å²) < 4.78 is 19.3. The van der Waals surface area contributed by atoms with E-state index >= 15 is 0 Å². The average Bonchev–Trinajstić information content (AvgIpc) is 2.78. The zero-order valence-corrected chi connectivity index (χ0v) is 17.6. The number of hydrogen-bond acceptors (Lipinski definition) is 3. The van der Waals surface area contributed by atoms with E-state index in [4.69, 9.17) is 16.3 Å². The molecule has 6 heteroatoms. The van der Waals surface area contributed by atoms with Crippen LogP contribution in [0, 0.1) is 17.1 Å². The van der Waals surface area contributed by atoms with E-state index in [9.17, 15) is 14.4 Å². The van der Waals surface area contributed by atoms with E-state index < -0.39 is 5.91 Å². The summed E-state index contributed by atoms with van der Waals surface area (Å²) in [5.41, 5.74) is 2.58. The largest absolute Gasteiger partial charge is 0.487 e. The van der Waals surface area contributed by atoms with Crippen LogP contribution in [0.2, 0.25) is 5.02 Å². The molecule has 3 aromatic carbocycles. The maximum Gasteiger partial charge on any atom is 0.266 e. The van der Waals surface area contributed by atoms with Crippen LogP contribution in [0.4, 0.5) is 10.1 Å². The Morgan fingerprint density at radius 3 is 2.52 bits per heavy atom. The van der Waals surface area contributed by atoms with Gasteiger partial charge in [-0.25, -0.2) is 4.39 Å². The van der Waals surface area contributed by atoms with Crippen molar-refractivity contribution in [2.75, 3.05) is 5.32 Å². The quantitative estimate of drug-likeness (QED) is 0.357. The van der Waals surface area contributed by atoms with Gasteiger partial charge in [-0.3, -0.25) is 4.79 Å². The Bertz CT molecular complexity index is 1170. The summed E-state index contributed by atoms with van der Waals surface area (Å²) in [5, 5.41) is 12.5. The van der Waals surface area contributed by atoms with Gasteiger partial charge in [0, 0.05) is 11.3 Å². The normalized spacial score (nSPS) is 11.0. The number of rotatable bonds is 7. The van der Waals surface area contributed by atoms with E-state index in [2.05, 4.69) is 5.32 Å². The van der Waals surface area contributed by atoms with Crippen molar-refractivity contribution < 1.29 is 13.9 Å². The zero-order valence-electron chi connectivity index (χ0n) is 16.9. The summed E-state index contributed by atoms with van der Waals surface area (Å²) in [7, 11) is 0. The number of para-hydroxylation sites is 1. The monoisotopic (exact) mass is 434 g/mol. The van der Waals surface area contributed by atoms with E-state index in [1.54, 1.807) is 42.5 Å². The predicted octanol–water partition coefficient (Wildman–Crippen LogP) is 6.17. The smallest absolute Gasteiger partial charge is 0.266 e. The molecule has 156 valence electrons. The Morgan fingerprint density at radius 2 is 1.84 bits per heavy atom. The Hall–Kier alpha value is -3.62. The summed E-state index contributed by atoms with van der Waals surface area (Å²) in [5.74, 6) is -0.478. The highest BCUT2D eigenvalue weighted by atomic mass is 35.5. The summed E-state index contributed by atoms with van der Waals surface area (Å²) in [6.07, 6.45) is 2.21. The van der Waals surface area contributed by atoms with E-state index in [-0.39, 0.29) is 18.0 Å². The van der Waals surface area contributed by atoms with Crippen molar-refractivity contribution in [1.29, 1.82) is 5.26 Å². The lowest BCUT2D eigenvalue weighted by Crippen LogP contribution is -2.14. The van der Waals surface area contributed by atoms with Crippen LogP contribution >= 0.6 is 11.6 Å². The van der Waals surface area contributed by atoms with Crippen LogP contribution in [0.1, 0.15) is 23.6 Å². The van der Waals surface area contributed by atoms with Gasteiger partial charge < -0.3 is 10.1 Å². The number of amides is 1. The van der Waals surface area contributed by atoms with Crippen LogP contribution in [-0.2, 0) is 17.8 Å². The lowest BCUT2D eigenvalue weighted by atomic mass is 10.1. The number of carbonyl (C=O) groups excluding carboxylic acids is 1. The van der Waals surface area contributed by atoms with Gasteiger partial charge in [-0.1, -0.05) is 61.0 Å². The van der Waals surface area contributed by atoms with Crippen LogP contribution < -0.4 is 10.1 Å². The third-order valence-electron chi connectivity index (χ3n) is 4.62. The average molecular weight is 435 g/mol. The number of nitriles is 1. The second-order valence-electron chi connectivity index (χ2n) is 6.70. The molecule has 0 aliphatic heterocycles. The molecule has 3 rings (SSSR count). The minimum Gasteiger partial charge on any atom is -0.487 e. The van der Waals surface area contributed by atoms with Gasteiger partial charge in [0.2, 0.25) is 0 Å². The Kier molecular flexibility index (Phi) is 7.42. The first-order valence-electron chi connectivity index (χ1n) is 9.68. The molecule has 0 atom stereocenters. The van der Waals surface area contributed by atoms with Crippen molar-refractivity contribution in [3.63, 3.8) is 0 Å². The van der Waals surface area contributed by atoms with Gasteiger partial charge in [0.25, 0.3) is 5.91 Å². The Morgan fingerprint density at radius 1 is 1.13 bits per heavy atom. The molecule has 0 saturated carbocycles. The molecule has 0 aliphatic carbocycles. The number of ether oxygens (including phenoxy) is 1. The molecule has 0 fully saturated rings. The summed E-state index contributed by atoms with van der Waals surface area (Å²) in [6.45, 7) is 2.02. The highest BCUT2D eigenvalue weighted by Gasteiger charge is 2.12. The highest BCUT2D eigenvalue weighted by molar-refractivity contribution is 6.32. The van der Waals surface area contributed by atoms with E-state index in [0.717, 1.165) is 12.0 Å². The lowest BCUT2D eigenvalue weighted by Gasteiger charge is -2.10. The van der Waals surface area contributed by atoms with Gasteiger partial charge in [-0.2, -0.15) is 5.26 Å². The number of halogens is 2. The summed E-state index contributed by atoms with van der Waals surface area (Å²) >= 11 is 6.28. The van der Waals surface area contributed by atoms with Crippen LogP contribution in [0.3, 0.4) is 0 Å². The van der Waals surface area contributed by atoms with Gasteiger partial charge in [-0.15, -0.1) is 0 Å². The summed E-state index contributed by atoms with van der Waals surface area (Å²) in [4.78, 5) is 12.6. The molecule has 4 nitrogen and oxygen atoms in total. The fourth-order valence-electron chi connectivity index (χ4n) is 2.95. The number of anilines is 1. The van der Waals surface area contributed by atoms with Crippen molar-refractivity contribution >= 4 is 29.3 Å². The molecular weight excluding hydrogens is 415 g/mol. The van der Waals surface area contributed by atoms with Gasteiger partial charge >= 0.3 is 0 Å². The number of carbonyl (C=O) groups is 1. The Labute approximate surface area is 185 Å². The first-order valence-corrected chi connectivity index (χ1v) is 10.1. The first-order chi connectivity index (χ1) is 15.0. The number of benzene rings is 3. The van der Waals surface area contributed by atoms with Crippen LogP contribution in [0.15, 0.2) is 72.3 Å². The van der Waals surface area contributed by atoms with Crippen LogP contribution in [-0.4, -0.2) is 5.91 Å². The number of nitrogens with zero attached hydrogens (tertiary/aromatic N) is 1. The van der Waals surface area contributed by atoms with Gasteiger partial charge in [0.15, 0.2) is 0 Å². The van der Waals surface area contributed by atoms with E-state index in [1.807, 2.05) is 31.2 Å². The van der Waals surface area contributed by atoms with Crippen molar-refractivity contribution in [2.45, 2.75) is 20.0 Å². The fourth-order valence-corrected chi connectivity index (χ4v) is 3.19. The number of hydrogen-bond donors (Lipinski definition) is 1. The molecule has 31 heavy (non-hydrogen) atoms. The van der Waals surface area contributed by atoms with Gasteiger partial charge in [0.05, 0.1) is 5.02 Å². The molecule has 0 aliphatic rings. The summed E-state index contributed by atoms with van der Waals surface area (Å²) in [6, 6.07) is 20.6. The van der Waals surface area contributed by atoms with Crippen molar-refractivity contribution in [1.82, 2.24) is 0 Å². The predicted molar refractivity (Wildman–Crippen MR) is 120 cm³/mol. The molecular formula is C25H20ClFN2O2. The van der Waals surface area contributed by atoms with Crippen LogP contribution in [0.5, 0.6) is 5.75 Å². The van der Waals surface area contributed by atoms with Crippen LogP contribution in [0.25, 0.3) is 6.08 Å². The second-order valence-corrected chi connectivity index (χ2v) is 7.11. The molecule has 1 N–H and O–H groups in total. The SMILES string of the molecule is CCc1ccccc1NC(=O)/C(C#N)=C/c1ccc(OCc2ccccc2F)c(Cl)c1. The molecule has 0 saturated heterocycles. The van der Waals surface area contributed by atoms with Crippen molar-refractivity contribution in [2.24, 2.45) is 0 Å². The molecule has 0 spiro atoms. The maximum absolute atomic E-state index is 13.7. The van der Waals surface area contributed by atoms with Gasteiger partial charge in [0.1, 0.15) is 29.8 Å². The minimum absolute atomic E-state index is 0.0320. The Balaban J connectivity index is 1.74. The van der Waals surface area contributed by atoms with Gasteiger partial charge in [-0.05, 0) is 47.9 Å². The maximum atomic E-state index is 13.7. The molecule has 1 amide bonds. The molecule has 0 heterocycles. The highest BCUT2D eigenvalue weighted by Crippen LogP contribution is 2.28. The molecule has 3 aromatic rings. The van der Waals surface area contributed by atoms with Crippen molar-refractivity contribution in [3.8, 4) is 11.8 Å². The fraction of sp³-hybridized carbons (Fsp3) is 0.120. The molecule has 0 bridgehead atoms. The number of nitrogens with one attached hydrogen (secondary N) is 1. The number of aryl methyl sites for hydroxylation is 1. The zero-order chi connectivity index (χ0) is 22.2. The lowest BCUT2D eigenvalue weighted by molar-refractivity contribution is -0.112. The molecule has 0 unspecified atom stereocenters. The second kappa shape index (κ2) is 10.4. The minimum atomic E-state index is -0.501. The molecule has 0 aromatic heterocycles. The first kappa shape index (κ1) is 22.1. The standard InChI is InChI=1S/C25H20ClFN2O2/c1-2-18-7-4-6-10-23(18)29-25(30)20(15-28)13-17-11-12-24(21(26)14-17)31-16-19-8-3-5-9-22(19)27/h3-14H,2,16H2,1H3,(H,29,30)/b20-13+. The molecule has 0 radical (unpaired) electrons. The third-order valence-corrected chi connectivity index (χ3v) is 4.91.